The van der Waals surface area contributed by atoms with Crippen molar-refractivity contribution in [3.8, 4) is 5.75 Å². The highest BCUT2D eigenvalue weighted by Gasteiger charge is 2.20. The van der Waals surface area contributed by atoms with E-state index in [1.165, 1.54) is 4.68 Å². The minimum atomic E-state index is -0.614. The van der Waals surface area contributed by atoms with Crippen LogP contribution in [0.3, 0.4) is 0 Å². The van der Waals surface area contributed by atoms with E-state index in [2.05, 4.69) is 10.3 Å². The van der Waals surface area contributed by atoms with Gasteiger partial charge in [-0.25, -0.2) is 9.48 Å². The Bertz CT molecular complexity index is 706. The summed E-state index contributed by atoms with van der Waals surface area (Å²) in [5.41, 5.74) is 5.42. The van der Waals surface area contributed by atoms with Crippen LogP contribution in [-0.4, -0.2) is 32.7 Å². The summed E-state index contributed by atoms with van der Waals surface area (Å²) in [6.07, 6.45) is 0.934. The van der Waals surface area contributed by atoms with Crippen LogP contribution in [0.5, 0.6) is 5.75 Å². The third-order valence-electron chi connectivity index (χ3n) is 2.67. The Labute approximate surface area is 118 Å². The smallest absolute Gasteiger partial charge is 0.360 e. The fourth-order valence-corrected chi connectivity index (χ4v) is 1.69. The highest BCUT2D eigenvalue weighted by atomic mass is 16.5. The summed E-state index contributed by atoms with van der Waals surface area (Å²) in [5, 5.41) is 16.7. The summed E-state index contributed by atoms with van der Waals surface area (Å²) in [4.78, 5) is 23.0. The molecule has 0 fully saturated rings. The van der Waals surface area contributed by atoms with Crippen molar-refractivity contribution in [3.63, 3.8) is 0 Å². The summed E-state index contributed by atoms with van der Waals surface area (Å²) in [6, 6.07) is 1.13. The Hall–Kier alpha value is -2.68. The largest absolute Gasteiger partial charge is 0.502 e. The fourth-order valence-electron chi connectivity index (χ4n) is 1.69. The Kier molecular flexibility index (Phi) is 4.33. The number of hydrogen-bond acceptors (Lipinski definition) is 8. The van der Waals surface area contributed by atoms with Gasteiger partial charge in [-0.2, -0.15) is 0 Å². The van der Waals surface area contributed by atoms with Crippen molar-refractivity contribution >= 4 is 5.97 Å². The average Bonchev–Trinajstić information content (AvgIpc) is 2.86. The summed E-state index contributed by atoms with van der Waals surface area (Å²) in [5.74, 6) is -0.854. The van der Waals surface area contributed by atoms with Crippen LogP contribution in [0, 0.1) is 0 Å². The lowest BCUT2D eigenvalue weighted by Crippen LogP contribution is -2.15. The molecule has 0 unspecified atom stereocenters. The molecule has 3 N–H and O–H groups in total. The van der Waals surface area contributed by atoms with Crippen LogP contribution in [0.4, 0.5) is 0 Å². The lowest BCUT2D eigenvalue weighted by molar-refractivity contribution is 0.0518. The monoisotopic (exact) mass is 294 g/mol. The van der Waals surface area contributed by atoms with Gasteiger partial charge in [0.25, 0.3) is 0 Å². The fraction of sp³-hybridized carbons (Fsp3) is 0.333. The summed E-state index contributed by atoms with van der Waals surface area (Å²) in [6.45, 7) is 1.95. The first kappa shape index (κ1) is 14.7. The lowest BCUT2D eigenvalue weighted by atomic mass is 10.3. The molecule has 0 radical (unpaired) electrons. The van der Waals surface area contributed by atoms with E-state index in [-0.39, 0.29) is 31.2 Å². The number of carbonyl (C=O) groups is 1. The minimum absolute atomic E-state index is 0.0173. The molecule has 0 aliphatic heterocycles. The molecule has 112 valence electrons. The number of nitrogens with zero attached hydrogens (tertiary/aromatic N) is 3. The topological polar surface area (TPSA) is 133 Å². The molecule has 9 nitrogen and oxygen atoms in total. The zero-order valence-electron chi connectivity index (χ0n) is 11.3. The normalized spacial score (nSPS) is 10.6. The second kappa shape index (κ2) is 6.18. The second-order valence-corrected chi connectivity index (χ2v) is 4.06. The van der Waals surface area contributed by atoms with E-state index in [0.29, 0.717) is 5.69 Å². The van der Waals surface area contributed by atoms with Crippen LogP contribution in [0.2, 0.25) is 0 Å². The number of ether oxygens (including phenoxy) is 1. The molecule has 0 saturated heterocycles. The first-order valence-corrected chi connectivity index (χ1v) is 6.17. The maximum atomic E-state index is 11.7. The van der Waals surface area contributed by atoms with Crippen molar-refractivity contribution in [2.45, 2.75) is 20.0 Å². The molecule has 0 bridgehead atoms. The van der Waals surface area contributed by atoms with Crippen LogP contribution in [-0.2, 0) is 17.8 Å². The van der Waals surface area contributed by atoms with E-state index in [9.17, 15) is 9.59 Å². The number of esters is 1. The lowest BCUT2D eigenvalue weighted by Gasteiger charge is -2.05. The van der Waals surface area contributed by atoms with Gasteiger partial charge in [-0.05, 0) is 6.92 Å². The van der Waals surface area contributed by atoms with E-state index in [0.717, 1.165) is 12.3 Å². The Morgan fingerprint density at radius 2 is 2.33 bits per heavy atom. The third kappa shape index (κ3) is 3.08. The van der Waals surface area contributed by atoms with E-state index in [1.807, 2.05) is 0 Å². The molecule has 0 saturated carbocycles. The van der Waals surface area contributed by atoms with Crippen LogP contribution in [0.25, 0.3) is 0 Å². The molecule has 2 heterocycles. The van der Waals surface area contributed by atoms with Crippen molar-refractivity contribution in [2.24, 2.45) is 5.73 Å². The van der Waals surface area contributed by atoms with Crippen molar-refractivity contribution in [2.75, 3.05) is 6.61 Å². The standard InChI is InChI=1S/C12H14N4O5/c1-2-20-12(19)11-8(4-13)16(15-14-11)5-7-3-9(17)10(18)6-21-7/h3,6,18H,2,4-5,13H2,1H3. The average molecular weight is 294 g/mol. The molecule has 0 aromatic carbocycles. The molecule has 2 aromatic rings. The molecular weight excluding hydrogens is 280 g/mol. The van der Waals surface area contributed by atoms with Crippen LogP contribution >= 0.6 is 0 Å². The van der Waals surface area contributed by atoms with E-state index < -0.39 is 17.1 Å². The molecule has 2 aromatic heterocycles. The predicted molar refractivity (Wildman–Crippen MR) is 69.6 cm³/mol. The third-order valence-corrected chi connectivity index (χ3v) is 2.67. The number of carbonyl (C=O) groups excluding carboxylic acids is 1. The van der Waals surface area contributed by atoms with Gasteiger partial charge < -0.3 is 20.0 Å². The SMILES string of the molecule is CCOC(=O)c1nnn(Cc2cc(=O)c(O)co2)c1CN. The van der Waals surface area contributed by atoms with E-state index >= 15 is 0 Å². The Morgan fingerprint density at radius 3 is 2.95 bits per heavy atom. The highest BCUT2D eigenvalue weighted by molar-refractivity contribution is 5.88. The summed E-state index contributed by atoms with van der Waals surface area (Å²) < 4.78 is 11.3. The second-order valence-electron chi connectivity index (χ2n) is 4.06. The molecule has 0 atom stereocenters. The van der Waals surface area contributed by atoms with Gasteiger partial charge in [-0.15, -0.1) is 5.10 Å². The number of nitrogens with two attached hydrogens (primary N) is 1. The molecule has 0 aliphatic rings. The highest BCUT2D eigenvalue weighted by Crippen LogP contribution is 2.10. The number of hydrogen-bond donors (Lipinski definition) is 2. The van der Waals surface area contributed by atoms with Crippen molar-refractivity contribution in [1.82, 2.24) is 15.0 Å². The van der Waals surface area contributed by atoms with Gasteiger partial charge in [0, 0.05) is 12.6 Å². The van der Waals surface area contributed by atoms with Gasteiger partial charge in [0.15, 0.2) is 11.4 Å². The molecule has 0 amide bonds. The van der Waals surface area contributed by atoms with Gasteiger partial charge in [-0.1, -0.05) is 5.21 Å². The molecular formula is C12H14N4O5. The molecule has 0 aliphatic carbocycles. The molecule has 0 spiro atoms. The van der Waals surface area contributed by atoms with Crippen LogP contribution in [0.15, 0.2) is 21.5 Å². The first-order valence-electron chi connectivity index (χ1n) is 6.17. The van der Waals surface area contributed by atoms with E-state index in [1.54, 1.807) is 6.92 Å². The van der Waals surface area contributed by atoms with Crippen LogP contribution < -0.4 is 11.2 Å². The van der Waals surface area contributed by atoms with Gasteiger partial charge in [0.05, 0.1) is 12.3 Å². The minimum Gasteiger partial charge on any atom is -0.502 e. The van der Waals surface area contributed by atoms with Gasteiger partial charge in [0.2, 0.25) is 5.43 Å². The maximum absolute atomic E-state index is 11.7. The molecule has 2 rings (SSSR count). The van der Waals surface area contributed by atoms with Gasteiger partial charge in [0.1, 0.15) is 18.6 Å². The summed E-state index contributed by atoms with van der Waals surface area (Å²) in [7, 11) is 0. The number of aromatic hydroxyl groups is 1. The van der Waals surface area contributed by atoms with Crippen molar-refractivity contribution in [3.05, 3.63) is 39.7 Å². The predicted octanol–water partition coefficient (Wildman–Crippen LogP) is -0.379. The Balaban J connectivity index is 2.30. The molecule has 21 heavy (non-hydrogen) atoms. The first-order chi connectivity index (χ1) is 10.1. The van der Waals surface area contributed by atoms with Crippen molar-refractivity contribution in [1.29, 1.82) is 0 Å². The summed E-state index contributed by atoms with van der Waals surface area (Å²) >= 11 is 0. The zero-order valence-corrected chi connectivity index (χ0v) is 11.3. The van der Waals surface area contributed by atoms with Gasteiger partial charge >= 0.3 is 5.97 Å². The van der Waals surface area contributed by atoms with Gasteiger partial charge in [-0.3, -0.25) is 4.79 Å². The van der Waals surface area contributed by atoms with Crippen molar-refractivity contribution < 1.29 is 19.1 Å². The zero-order chi connectivity index (χ0) is 15.4. The maximum Gasteiger partial charge on any atom is 0.360 e. The van der Waals surface area contributed by atoms with Crippen LogP contribution in [0.1, 0.15) is 28.9 Å². The quantitative estimate of drug-likeness (QED) is 0.713. The number of rotatable bonds is 5. The Morgan fingerprint density at radius 1 is 1.57 bits per heavy atom. The van der Waals surface area contributed by atoms with E-state index in [4.69, 9.17) is 20.0 Å². The molecule has 9 heteroatoms. The number of aromatic nitrogens is 3.